The van der Waals surface area contributed by atoms with Gasteiger partial charge in [-0.05, 0) is 44.6 Å². The summed E-state index contributed by atoms with van der Waals surface area (Å²) in [6.07, 6.45) is 3.82. The molecule has 0 amide bonds. The smallest absolute Gasteiger partial charge is 0.227 e. The molecule has 0 spiro atoms. The lowest BCUT2D eigenvalue weighted by molar-refractivity contribution is 0.569. The standard InChI is InChI=1S/C14H20N4S/c1-10(2)15-13-12-11(6-9-19-12)16-14(17-13)18-7-4-3-5-8-18/h6,9-10H,3-5,7-8H2,1-2H3,(H,15,16,17). The molecule has 1 aliphatic heterocycles. The molecule has 2 aromatic heterocycles. The summed E-state index contributed by atoms with van der Waals surface area (Å²) < 4.78 is 1.16. The highest BCUT2D eigenvalue weighted by Gasteiger charge is 2.17. The van der Waals surface area contributed by atoms with Crippen LogP contribution in [-0.4, -0.2) is 29.1 Å². The predicted octanol–water partition coefficient (Wildman–Crippen LogP) is 3.50. The maximum atomic E-state index is 4.75. The minimum Gasteiger partial charge on any atom is -0.367 e. The van der Waals surface area contributed by atoms with Gasteiger partial charge in [0.25, 0.3) is 0 Å². The van der Waals surface area contributed by atoms with Crippen LogP contribution in [0, 0.1) is 0 Å². The molecule has 4 nitrogen and oxygen atoms in total. The zero-order valence-corrected chi connectivity index (χ0v) is 12.3. The summed E-state index contributed by atoms with van der Waals surface area (Å²) in [5.74, 6) is 1.87. The summed E-state index contributed by atoms with van der Waals surface area (Å²) in [5.41, 5.74) is 1.06. The Balaban J connectivity index is 1.99. The molecule has 0 aliphatic carbocycles. The summed E-state index contributed by atoms with van der Waals surface area (Å²) in [7, 11) is 0. The van der Waals surface area contributed by atoms with Crippen molar-refractivity contribution in [1.82, 2.24) is 9.97 Å². The lowest BCUT2D eigenvalue weighted by Gasteiger charge is -2.27. The van der Waals surface area contributed by atoms with E-state index >= 15 is 0 Å². The van der Waals surface area contributed by atoms with Gasteiger partial charge in [0.05, 0.1) is 10.2 Å². The zero-order chi connectivity index (χ0) is 13.2. The van der Waals surface area contributed by atoms with Gasteiger partial charge in [-0.15, -0.1) is 11.3 Å². The van der Waals surface area contributed by atoms with Crippen LogP contribution in [0.5, 0.6) is 0 Å². The molecule has 0 unspecified atom stereocenters. The van der Waals surface area contributed by atoms with Crippen molar-refractivity contribution in [2.24, 2.45) is 0 Å². The normalized spacial score (nSPS) is 16.3. The van der Waals surface area contributed by atoms with Crippen LogP contribution in [0.1, 0.15) is 33.1 Å². The Bertz CT molecular complexity index is 558. The maximum absolute atomic E-state index is 4.75. The first-order valence-corrected chi connectivity index (χ1v) is 7.89. The third-order valence-corrected chi connectivity index (χ3v) is 4.27. The summed E-state index contributed by atoms with van der Waals surface area (Å²) >= 11 is 1.71. The van der Waals surface area contributed by atoms with Gasteiger partial charge < -0.3 is 10.2 Å². The van der Waals surface area contributed by atoms with Gasteiger partial charge in [0.1, 0.15) is 5.82 Å². The third kappa shape index (κ3) is 2.66. The van der Waals surface area contributed by atoms with Crippen LogP contribution in [-0.2, 0) is 0 Å². The zero-order valence-electron chi connectivity index (χ0n) is 11.5. The van der Waals surface area contributed by atoms with Crippen molar-refractivity contribution in [2.45, 2.75) is 39.2 Å². The van der Waals surface area contributed by atoms with E-state index < -0.39 is 0 Å². The summed E-state index contributed by atoms with van der Waals surface area (Å²) in [6.45, 7) is 6.44. The van der Waals surface area contributed by atoms with Crippen molar-refractivity contribution < 1.29 is 0 Å². The average Bonchev–Trinajstić information content (AvgIpc) is 2.87. The van der Waals surface area contributed by atoms with Gasteiger partial charge in [-0.1, -0.05) is 0 Å². The van der Waals surface area contributed by atoms with Crippen molar-refractivity contribution in [1.29, 1.82) is 0 Å². The van der Waals surface area contributed by atoms with Crippen LogP contribution in [0.4, 0.5) is 11.8 Å². The van der Waals surface area contributed by atoms with Crippen LogP contribution >= 0.6 is 11.3 Å². The second kappa shape index (κ2) is 5.33. The largest absolute Gasteiger partial charge is 0.367 e. The molecule has 1 aliphatic rings. The number of nitrogens with one attached hydrogen (secondary N) is 1. The summed E-state index contributed by atoms with van der Waals surface area (Å²) in [4.78, 5) is 11.8. The van der Waals surface area contributed by atoms with E-state index in [1.807, 2.05) is 0 Å². The van der Waals surface area contributed by atoms with Crippen LogP contribution in [0.25, 0.3) is 10.2 Å². The van der Waals surface area contributed by atoms with Crippen molar-refractivity contribution >= 4 is 33.3 Å². The predicted molar refractivity (Wildman–Crippen MR) is 82.2 cm³/mol. The van der Waals surface area contributed by atoms with Gasteiger partial charge in [0.2, 0.25) is 5.95 Å². The number of nitrogens with zero attached hydrogens (tertiary/aromatic N) is 3. The van der Waals surface area contributed by atoms with Crippen LogP contribution in [0.2, 0.25) is 0 Å². The number of piperidine rings is 1. The van der Waals surface area contributed by atoms with Crippen LogP contribution in [0.15, 0.2) is 11.4 Å². The first-order valence-electron chi connectivity index (χ1n) is 7.01. The molecule has 5 heteroatoms. The Kier molecular flexibility index (Phi) is 3.55. The Morgan fingerprint density at radius 1 is 1.21 bits per heavy atom. The Hall–Kier alpha value is -1.36. The molecule has 0 bridgehead atoms. The quantitative estimate of drug-likeness (QED) is 0.931. The topological polar surface area (TPSA) is 41.1 Å². The third-order valence-electron chi connectivity index (χ3n) is 3.36. The van der Waals surface area contributed by atoms with E-state index in [4.69, 9.17) is 9.97 Å². The number of rotatable bonds is 3. The van der Waals surface area contributed by atoms with Crippen molar-refractivity contribution in [3.05, 3.63) is 11.4 Å². The van der Waals surface area contributed by atoms with Crippen molar-refractivity contribution in [3.8, 4) is 0 Å². The number of anilines is 2. The first kappa shape index (κ1) is 12.7. The molecule has 2 aromatic rings. The molecule has 0 radical (unpaired) electrons. The van der Waals surface area contributed by atoms with E-state index in [1.165, 1.54) is 19.3 Å². The fourth-order valence-corrected chi connectivity index (χ4v) is 3.24. The molecule has 19 heavy (non-hydrogen) atoms. The fraction of sp³-hybridized carbons (Fsp3) is 0.571. The minimum absolute atomic E-state index is 0.384. The molecule has 1 fully saturated rings. The molecule has 1 saturated heterocycles. The highest BCUT2D eigenvalue weighted by Crippen LogP contribution is 2.29. The molecule has 1 N–H and O–H groups in total. The van der Waals surface area contributed by atoms with Gasteiger partial charge in [-0.2, -0.15) is 4.98 Å². The monoisotopic (exact) mass is 276 g/mol. The molecular weight excluding hydrogens is 256 g/mol. The molecule has 3 heterocycles. The Morgan fingerprint density at radius 3 is 2.74 bits per heavy atom. The van der Waals surface area contributed by atoms with Crippen LogP contribution in [0.3, 0.4) is 0 Å². The molecule has 0 saturated carbocycles. The number of hydrogen-bond acceptors (Lipinski definition) is 5. The van der Waals surface area contributed by atoms with Gasteiger partial charge in [-0.3, -0.25) is 0 Å². The van der Waals surface area contributed by atoms with E-state index in [9.17, 15) is 0 Å². The van der Waals surface area contributed by atoms with E-state index in [2.05, 4.69) is 35.5 Å². The molecule has 0 aromatic carbocycles. The SMILES string of the molecule is CC(C)Nc1nc(N2CCCCC2)nc2ccsc12. The average molecular weight is 276 g/mol. The summed E-state index contributed by atoms with van der Waals surface area (Å²) in [5, 5.41) is 5.53. The van der Waals surface area contributed by atoms with Crippen molar-refractivity contribution in [2.75, 3.05) is 23.3 Å². The number of thiophene rings is 1. The van der Waals surface area contributed by atoms with Crippen LogP contribution < -0.4 is 10.2 Å². The lowest BCUT2D eigenvalue weighted by Crippen LogP contribution is -2.31. The molecule has 102 valence electrons. The lowest BCUT2D eigenvalue weighted by atomic mass is 10.1. The molecule has 3 rings (SSSR count). The van der Waals surface area contributed by atoms with E-state index in [1.54, 1.807) is 11.3 Å². The second-order valence-corrected chi connectivity index (χ2v) is 6.27. The van der Waals surface area contributed by atoms with Gasteiger partial charge in [-0.25, -0.2) is 4.98 Å². The fourth-order valence-electron chi connectivity index (χ4n) is 2.46. The highest BCUT2D eigenvalue weighted by molar-refractivity contribution is 7.17. The Labute approximate surface area is 117 Å². The highest BCUT2D eigenvalue weighted by atomic mass is 32.1. The second-order valence-electron chi connectivity index (χ2n) is 5.35. The van der Waals surface area contributed by atoms with Gasteiger partial charge >= 0.3 is 0 Å². The first-order chi connectivity index (χ1) is 9.24. The minimum atomic E-state index is 0.384. The summed E-state index contributed by atoms with van der Waals surface area (Å²) in [6, 6.07) is 2.47. The number of aromatic nitrogens is 2. The Morgan fingerprint density at radius 2 is 2.00 bits per heavy atom. The van der Waals surface area contributed by atoms with Crippen molar-refractivity contribution in [3.63, 3.8) is 0 Å². The van der Waals surface area contributed by atoms with E-state index in [0.29, 0.717) is 6.04 Å². The van der Waals surface area contributed by atoms with E-state index in [-0.39, 0.29) is 0 Å². The number of hydrogen-bond donors (Lipinski definition) is 1. The molecule has 0 atom stereocenters. The number of fused-ring (bicyclic) bond motifs is 1. The van der Waals surface area contributed by atoms with Gasteiger partial charge in [0, 0.05) is 19.1 Å². The molecular formula is C14H20N4S. The van der Waals surface area contributed by atoms with Gasteiger partial charge in [0.15, 0.2) is 0 Å². The van der Waals surface area contributed by atoms with E-state index in [0.717, 1.165) is 35.1 Å². The maximum Gasteiger partial charge on any atom is 0.227 e.